The molecule has 3 N–H and O–H groups in total. The van der Waals surface area contributed by atoms with Crippen molar-refractivity contribution in [2.24, 2.45) is 11.1 Å². The van der Waals surface area contributed by atoms with Gasteiger partial charge in [-0.05, 0) is 33.1 Å². The predicted octanol–water partition coefficient (Wildman–Crippen LogP) is 2.93. The summed E-state index contributed by atoms with van der Waals surface area (Å²) in [5.41, 5.74) is 5.28. The quantitative estimate of drug-likeness (QED) is 0.389. The van der Waals surface area contributed by atoms with Crippen LogP contribution in [-0.4, -0.2) is 18.0 Å². The van der Waals surface area contributed by atoms with E-state index in [0.29, 0.717) is 0 Å². The van der Waals surface area contributed by atoms with Crippen molar-refractivity contribution in [3.05, 3.63) is 0 Å². The van der Waals surface area contributed by atoms with Crippen molar-refractivity contribution >= 4 is 5.84 Å². The van der Waals surface area contributed by atoms with Gasteiger partial charge in [0.15, 0.2) is 0 Å². The number of hydrogen-bond acceptors (Lipinski definition) is 2. The minimum Gasteiger partial charge on any atom is -0.387 e. The standard InChI is InChI=1S/C12H26N2O/c1-6-12(4,5)15-9-7-8-11(2,3)10(13)14/h6-9H2,1-5H3,(H3,13,14). The topological polar surface area (TPSA) is 59.1 Å². The zero-order valence-corrected chi connectivity index (χ0v) is 10.8. The van der Waals surface area contributed by atoms with Crippen LogP contribution in [-0.2, 0) is 4.74 Å². The van der Waals surface area contributed by atoms with Crippen molar-refractivity contribution < 1.29 is 4.74 Å². The maximum absolute atomic E-state index is 7.43. The van der Waals surface area contributed by atoms with E-state index in [1.807, 2.05) is 13.8 Å². The van der Waals surface area contributed by atoms with Crippen LogP contribution in [0.2, 0.25) is 0 Å². The Bertz CT molecular complexity index is 210. The monoisotopic (exact) mass is 214 g/mol. The Hall–Kier alpha value is -0.570. The van der Waals surface area contributed by atoms with E-state index in [9.17, 15) is 0 Å². The Morgan fingerprint density at radius 2 is 1.80 bits per heavy atom. The van der Waals surface area contributed by atoms with E-state index in [0.717, 1.165) is 25.9 Å². The van der Waals surface area contributed by atoms with Crippen molar-refractivity contribution in [3.63, 3.8) is 0 Å². The second-order valence-electron chi connectivity index (χ2n) is 5.36. The normalized spacial score (nSPS) is 12.9. The van der Waals surface area contributed by atoms with Gasteiger partial charge >= 0.3 is 0 Å². The van der Waals surface area contributed by atoms with Crippen LogP contribution in [0.3, 0.4) is 0 Å². The molecule has 0 spiro atoms. The Balaban J connectivity index is 3.77. The van der Waals surface area contributed by atoms with Crippen molar-refractivity contribution in [1.29, 1.82) is 5.41 Å². The Morgan fingerprint density at radius 3 is 2.20 bits per heavy atom. The second-order valence-corrected chi connectivity index (χ2v) is 5.36. The summed E-state index contributed by atoms with van der Waals surface area (Å²) >= 11 is 0. The number of ether oxygens (including phenoxy) is 1. The van der Waals surface area contributed by atoms with Gasteiger partial charge in [-0.2, -0.15) is 0 Å². The lowest BCUT2D eigenvalue weighted by Gasteiger charge is -2.26. The molecule has 3 nitrogen and oxygen atoms in total. The van der Waals surface area contributed by atoms with Gasteiger partial charge in [0.05, 0.1) is 11.4 Å². The molecule has 0 aromatic heterocycles. The van der Waals surface area contributed by atoms with Gasteiger partial charge in [0, 0.05) is 12.0 Å². The Labute approximate surface area is 93.9 Å². The molecule has 0 saturated heterocycles. The van der Waals surface area contributed by atoms with Crippen LogP contribution in [0.4, 0.5) is 0 Å². The van der Waals surface area contributed by atoms with Crippen LogP contribution in [0.5, 0.6) is 0 Å². The molecule has 0 aromatic carbocycles. The molecular formula is C12H26N2O. The molecular weight excluding hydrogens is 188 g/mol. The fraction of sp³-hybridized carbons (Fsp3) is 0.917. The summed E-state index contributed by atoms with van der Waals surface area (Å²) in [4.78, 5) is 0. The first-order chi connectivity index (χ1) is 6.71. The molecule has 0 aliphatic heterocycles. The van der Waals surface area contributed by atoms with Crippen LogP contribution in [0, 0.1) is 10.8 Å². The molecule has 0 radical (unpaired) electrons. The fourth-order valence-electron chi connectivity index (χ4n) is 1.10. The fourth-order valence-corrected chi connectivity index (χ4v) is 1.10. The summed E-state index contributed by atoms with van der Waals surface area (Å²) < 4.78 is 5.74. The summed E-state index contributed by atoms with van der Waals surface area (Å²) in [5, 5.41) is 7.43. The third-order valence-corrected chi connectivity index (χ3v) is 3.02. The molecule has 0 rings (SSSR count). The van der Waals surface area contributed by atoms with E-state index < -0.39 is 0 Å². The highest BCUT2D eigenvalue weighted by Crippen LogP contribution is 2.22. The number of rotatable bonds is 7. The highest BCUT2D eigenvalue weighted by Gasteiger charge is 2.21. The van der Waals surface area contributed by atoms with Gasteiger partial charge in [0.2, 0.25) is 0 Å². The minimum atomic E-state index is -0.195. The summed E-state index contributed by atoms with van der Waals surface area (Å²) in [7, 11) is 0. The van der Waals surface area contributed by atoms with Crippen molar-refractivity contribution in [2.75, 3.05) is 6.61 Å². The molecule has 0 aromatic rings. The van der Waals surface area contributed by atoms with Gasteiger partial charge < -0.3 is 10.5 Å². The van der Waals surface area contributed by atoms with Crippen LogP contribution in [0.1, 0.15) is 53.9 Å². The Kier molecular flexibility index (Phi) is 5.29. The Morgan fingerprint density at radius 1 is 1.27 bits per heavy atom. The number of nitrogens with one attached hydrogen (secondary N) is 1. The van der Waals surface area contributed by atoms with Crippen LogP contribution in [0.25, 0.3) is 0 Å². The molecule has 3 heteroatoms. The molecule has 0 aliphatic rings. The van der Waals surface area contributed by atoms with Crippen molar-refractivity contribution in [3.8, 4) is 0 Å². The molecule has 0 amide bonds. The maximum Gasteiger partial charge on any atom is 0.0963 e. The van der Waals surface area contributed by atoms with Gasteiger partial charge in [0.1, 0.15) is 0 Å². The zero-order valence-electron chi connectivity index (χ0n) is 10.8. The minimum absolute atomic E-state index is 0.0274. The molecule has 0 fully saturated rings. The van der Waals surface area contributed by atoms with E-state index in [4.69, 9.17) is 15.9 Å². The number of hydrogen-bond donors (Lipinski definition) is 2. The van der Waals surface area contributed by atoms with Gasteiger partial charge in [-0.15, -0.1) is 0 Å². The van der Waals surface area contributed by atoms with E-state index in [1.54, 1.807) is 0 Å². The highest BCUT2D eigenvalue weighted by molar-refractivity contribution is 5.82. The lowest BCUT2D eigenvalue weighted by molar-refractivity contribution is -0.0230. The lowest BCUT2D eigenvalue weighted by Crippen LogP contribution is -2.31. The lowest BCUT2D eigenvalue weighted by atomic mass is 9.87. The molecule has 0 saturated carbocycles. The first kappa shape index (κ1) is 14.4. The summed E-state index contributed by atoms with van der Waals surface area (Å²) in [6.45, 7) is 11.1. The van der Waals surface area contributed by atoms with Crippen molar-refractivity contribution in [1.82, 2.24) is 0 Å². The SMILES string of the molecule is CCC(C)(C)OCCCC(C)(C)C(=N)N. The van der Waals surface area contributed by atoms with Crippen molar-refractivity contribution in [2.45, 2.75) is 59.5 Å². The summed E-state index contributed by atoms with van der Waals surface area (Å²) in [5.74, 6) is 0.261. The van der Waals surface area contributed by atoms with Gasteiger partial charge in [-0.25, -0.2) is 0 Å². The van der Waals surface area contributed by atoms with E-state index in [-0.39, 0.29) is 16.9 Å². The molecule has 0 bridgehead atoms. The van der Waals surface area contributed by atoms with E-state index in [1.165, 1.54) is 0 Å². The van der Waals surface area contributed by atoms with Crippen LogP contribution < -0.4 is 5.73 Å². The second kappa shape index (κ2) is 5.50. The maximum atomic E-state index is 7.43. The van der Waals surface area contributed by atoms with E-state index in [2.05, 4.69) is 20.8 Å². The van der Waals surface area contributed by atoms with Crippen LogP contribution >= 0.6 is 0 Å². The average molecular weight is 214 g/mol. The average Bonchev–Trinajstić information content (AvgIpc) is 2.12. The molecule has 0 unspecified atom stereocenters. The van der Waals surface area contributed by atoms with Gasteiger partial charge in [-0.1, -0.05) is 20.8 Å². The third kappa shape index (κ3) is 5.78. The number of amidine groups is 1. The highest BCUT2D eigenvalue weighted by atomic mass is 16.5. The molecule has 15 heavy (non-hydrogen) atoms. The largest absolute Gasteiger partial charge is 0.387 e. The first-order valence-electron chi connectivity index (χ1n) is 5.70. The van der Waals surface area contributed by atoms with Gasteiger partial charge in [-0.3, -0.25) is 5.41 Å². The molecule has 0 atom stereocenters. The predicted molar refractivity (Wildman–Crippen MR) is 65.3 cm³/mol. The smallest absolute Gasteiger partial charge is 0.0963 e. The summed E-state index contributed by atoms with van der Waals surface area (Å²) in [6, 6.07) is 0. The van der Waals surface area contributed by atoms with Crippen LogP contribution in [0.15, 0.2) is 0 Å². The van der Waals surface area contributed by atoms with Gasteiger partial charge in [0.25, 0.3) is 0 Å². The third-order valence-electron chi connectivity index (χ3n) is 3.02. The number of nitrogens with two attached hydrogens (primary N) is 1. The molecule has 0 heterocycles. The van der Waals surface area contributed by atoms with E-state index >= 15 is 0 Å². The first-order valence-corrected chi connectivity index (χ1v) is 5.70. The molecule has 90 valence electrons. The zero-order chi connectivity index (χ0) is 12.1. The summed E-state index contributed by atoms with van der Waals surface area (Å²) in [6.07, 6.45) is 2.88. The molecule has 0 aliphatic carbocycles.